The number of hydrogen-bond donors (Lipinski definition) is 0. The van der Waals surface area contributed by atoms with E-state index in [0.717, 1.165) is 12.3 Å². The van der Waals surface area contributed by atoms with Crippen LogP contribution >= 0.6 is 11.6 Å². The van der Waals surface area contributed by atoms with Crippen molar-refractivity contribution in [1.29, 1.82) is 0 Å². The van der Waals surface area contributed by atoms with Gasteiger partial charge in [-0.05, 0) is 39.5 Å². The first-order valence-electron chi connectivity index (χ1n) is 5.59. The molecule has 0 aromatic rings. The lowest BCUT2D eigenvalue weighted by Crippen LogP contribution is -2.18. The molecule has 0 rings (SSSR count). The normalized spacial score (nSPS) is 15.7. The van der Waals surface area contributed by atoms with Crippen LogP contribution in [0.2, 0.25) is 0 Å². The van der Waals surface area contributed by atoms with Gasteiger partial charge < -0.3 is 0 Å². The molecule has 0 amide bonds. The van der Waals surface area contributed by atoms with Crippen molar-refractivity contribution in [2.75, 3.05) is 0 Å². The molecule has 0 aliphatic rings. The smallest absolute Gasteiger partial charge is 0.0978 e. The van der Waals surface area contributed by atoms with Crippen LogP contribution in [0.25, 0.3) is 0 Å². The topological polar surface area (TPSA) is 12.4 Å². The highest BCUT2D eigenvalue weighted by atomic mass is 35.5. The number of halogens is 1. The summed E-state index contributed by atoms with van der Waals surface area (Å²) in [6, 6.07) is 0. The molecule has 84 valence electrons. The molecule has 0 spiro atoms. The Bertz CT molecular complexity index is 181. The zero-order valence-electron chi connectivity index (χ0n) is 10.2. The zero-order valence-corrected chi connectivity index (χ0v) is 11.0. The van der Waals surface area contributed by atoms with Crippen molar-refractivity contribution in [1.82, 2.24) is 0 Å². The number of hydrogen-bond acceptors (Lipinski definition) is 1. The van der Waals surface area contributed by atoms with E-state index in [1.807, 2.05) is 6.92 Å². The molecule has 0 radical (unpaired) electrons. The Hall–Kier alpha value is -0.0400. The van der Waals surface area contributed by atoms with Crippen LogP contribution in [0.4, 0.5) is 0 Å². The Morgan fingerprint density at radius 1 is 1.36 bits per heavy atom. The highest BCUT2D eigenvalue weighted by Crippen LogP contribution is 2.22. The maximum atomic E-state index is 5.79. The van der Waals surface area contributed by atoms with Crippen LogP contribution in [0.1, 0.15) is 60.3 Å². The molecule has 14 heavy (non-hydrogen) atoms. The Morgan fingerprint density at radius 2 is 1.93 bits per heavy atom. The van der Waals surface area contributed by atoms with Gasteiger partial charge in [0.2, 0.25) is 0 Å². The number of nitrogens with zero attached hydrogens (tertiary/aromatic N) is 1. The minimum absolute atomic E-state index is 0.00777. The molecule has 0 bridgehead atoms. The molecule has 1 atom stereocenters. The summed E-state index contributed by atoms with van der Waals surface area (Å²) in [5.41, 5.74) is 0.00777. The molecule has 0 aromatic heterocycles. The van der Waals surface area contributed by atoms with E-state index in [4.69, 9.17) is 11.6 Å². The summed E-state index contributed by atoms with van der Waals surface area (Å²) < 4.78 is 0. The van der Waals surface area contributed by atoms with Crippen LogP contribution in [0.3, 0.4) is 0 Å². The van der Waals surface area contributed by atoms with Crippen molar-refractivity contribution < 1.29 is 0 Å². The molecular weight excluding hydrogens is 194 g/mol. The van der Waals surface area contributed by atoms with Gasteiger partial charge in [0.1, 0.15) is 0 Å². The predicted molar refractivity (Wildman–Crippen MR) is 66.3 cm³/mol. The second-order valence-electron chi connectivity index (χ2n) is 4.85. The number of aliphatic imine (C=N–C) groups is 1. The van der Waals surface area contributed by atoms with Crippen molar-refractivity contribution in [3.8, 4) is 0 Å². The summed E-state index contributed by atoms with van der Waals surface area (Å²) in [6.07, 6.45) is 4.96. The second-order valence-corrected chi connectivity index (χ2v) is 5.40. The van der Waals surface area contributed by atoms with E-state index in [9.17, 15) is 0 Å². The first-order chi connectivity index (χ1) is 6.37. The molecule has 0 saturated heterocycles. The summed E-state index contributed by atoms with van der Waals surface area (Å²) >= 11 is 5.79. The van der Waals surface area contributed by atoms with E-state index in [1.165, 1.54) is 19.3 Å². The molecule has 0 aliphatic carbocycles. The molecule has 0 aliphatic heterocycles. The van der Waals surface area contributed by atoms with E-state index < -0.39 is 0 Å². The Balaban J connectivity index is 3.92. The average molecular weight is 218 g/mol. The van der Waals surface area contributed by atoms with Gasteiger partial charge in [-0.3, -0.25) is 4.99 Å². The lowest BCUT2D eigenvalue weighted by Gasteiger charge is -2.22. The average Bonchev–Trinajstić information content (AvgIpc) is 1.99. The Kier molecular flexibility index (Phi) is 6.43. The van der Waals surface area contributed by atoms with Gasteiger partial charge in [0.15, 0.2) is 0 Å². The quantitative estimate of drug-likeness (QED) is 0.575. The molecule has 2 heteroatoms. The van der Waals surface area contributed by atoms with Gasteiger partial charge in [0.05, 0.1) is 10.7 Å². The summed E-state index contributed by atoms with van der Waals surface area (Å²) in [5.74, 6) is 0.810. The molecule has 0 saturated carbocycles. The van der Waals surface area contributed by atoms with Gasteiger partial charge in [0.25, 0.3) is 0 Å². The zero-order chi connectivity index (χ0) is 11.2. The molecule has 1 nitrogen and oxygen atoms in total. The third-order valence-electron chi connectivity index (χ3n) is 2.49. The van der Waals surface area contributed by atoms with E-state index in [0.29, 0.717) is 5.17 Å². The van der Waals surface area contributed by atoms with Gasteiger partial charge in [-0.15, -0.1) is 0 Å². The van der Waals surface area contributed by atoms with Gasteiger partial charge in [0, 0.05) is 0 Å². The van der Waals surface area contributed by atoms with E-state index >= 15 is 0 Å². The number of rotatable bonds is 6. The monoisotopic (exact) mass is 217 g/mol. The second kappa shape index (κ2) is 6.44. The SMILES string of the molecule is CCCC(C)CCC(C)(C)N=C(C)Cl. The first-order valence-corrected chi connectivity index (χ1v) is 5.97. The summed E-state index contributed by atoms with van der Waals surface area (Å²) in [6.45, 7) is 10.7. The van der Waals surface area contributed by atoms with E-state index in [2.05, 4.69) is 32.7 Å². The maximum absolute atomic E-state index is 5.79. The predicted octanol–water partition coefficient (Wildman–Crippen LogP) is 4.64. The third-order valence-corrected chi connectivity index (χ3v) is 2.57. The van der Waals surface area contributed by atoms with Crippen LogP contribution < -0.4 is 0 Å². The van der Waals surface area contributed by atoms with Crippen molar-refractivity contribution >= 4 is 16.8 Å². The highest BCUT2D eigenvalue weighted by Gasteiger charge is 2.17. The van der Waals surface area contributed by atoms with Crippen molar-refractivity contribution in [3.63, 3.8) is 0 Å². The van der Waals surface area contributed by atoms with Gasteiger partial charge in [-0.25, -0.2) is 0 Å². The maximum Gasteiger partial charge on any atom is 0.0978 e. The first kappa shape index (κ1) is 14.0. The van der Waals surface area contributed by atoms with Gasteiger partial charge >= 0.3 is 0 Å². The lowest BCUT2D eigenvalue weighted by atomic mass is 9.91. The summed E-state index contributed by atoms with van der Waals surface area (Å²) in [4.78, 5) is 4.42. The molecule has 1 unspecified atom stereocenters. The van der Waals surface area contributed by atoms with Crippen LogP contribution in [0.15, 0.2) is 4.99 Å². The van der Waals surface area contributed by atoms with Crippen LogP contribution in [-0.4, -0.2) is 10.7 Å². The van der Waals surface area contributed by atoms with Crippen molar-refractivity contribution in [2.24, 2.45) is 10.9 Å². The Labute approximate surface area is 94.0 Å². The molecule has 0 aromatic carbocycles. The molecular formula is C12H24ClN. The molecule has 0 N–H and O–H groups in total. The Morgan fingerprint density at radius 3 is 2.36 bits per heavy atom. The standard InChI is InChI=1S/C12H24ClN/c1-6-7-10(2)8-9-12(4,5)14-11(3)13/h10H,6-9H2,1-5H3. The third kappa shape index (κ3) is 7.37. The van der Waals surface area contributed by atoms with Crippen LogP contribution in [0.5, 0.6) is 0 Å². The summed E-state index contributed by atoms with van der Waals surface area (Å²) in [5, 5.41) is 0.665. The highest BCUT2D eigenvalue weighted by molar-refractivity contribution is 6.64. The van der Waals surface area contributed by atoms with Crippen molar-refractivity contribution in [3.05, 3.63) is 0 Å². The summed E-state index contributed by atoms with van der Waals surface area (Å²) in [7, 11) is 0. The lowest BCUT2D eigenvalue weighted by molar-refractivity contribution is 0.387. The molecule has 0 fully saturated rings. The van der Waals surface area contributed by atoms with Gasteiger partial charge in [-0.1, -0.05) is 38.3 Å². The van der Waals surface area contributed by atoms with Crippen LogP contribution in [0, 0.1) is 5.92 Å². The fourth-order valence-corrected chi connectivity index (χ4v) is 1.94. The largest absolute Gasteiger partial charge is 0.272 e. The van der Waals surface area contributed by atoms with Crippen LogP contribution in [-0.2, 0) is 0 Å². The van der Waals surface area contributed by atoms with Gasteiger partial charge in [-0.2, -0.15) is 0 Å². The minimum Gasteiger partial charge on any atom is -0.272 e. The van der Waals surface area contributed by atoms with E-state index in [1.54, 1.807) is 0 Å². The fourth-order valence-electron chi connectivity index (χ4n) is 1.71. The fraction of sp³-hybridized carbons (Fsp3) is 0.917. The molecule has 0 heterocycles. The van der Waals surface area contributed by atoms with E-state index in [-0.39, 0.29) is 5.54 Å². The minimum atomic E-state index is 0.00777. The van der Waals surface area contributed by atoms with Crippen molar-refractivity contribution in [2.45, 2.75) is 65.8 Å².